The molecule has 0 aromatic rings. The molecule has 0 N–H and O–H groups in total. The van der Waals surface area contributed by atoms with E-state index in [-0.39, 0.29) is 47.3 Å². The van der Waals surface area contributed by atoms with Crippen LogP contribution in [0.3, 0.4) is 0 Å². The van der Waals surface area contributed by atoms with Crippen molar-refractivity contribution in [2.24, 2.45) is 17.8 Å². The summed E-state index contributed by atoms with van der Waals surface area (Å²) in [4.78, 5) is 38.3. The Morgan fingerprint density at radius 1 is 0.952 bits per heavy atom. The number of carbonyl (C=O) groups is 3. The lowest BCUT2D eigenvalue weighted by molar-refractivity contribution is -0.144. The molecule has 4 nitrogen and oxygen atoms in total. The Labute approximate surface area is 130 Å². The summed E-state index contributed by atoms with van der Waals surface area (Å²) in [5.74, 6) is -0.509. The molecule has 2 atom stereocenters. The van der Waals surface area contributed by atoms with Crippen LogP contribution < -0.4 is 0 Å². The molecule has 3 fully saturated rings. The minimum absolute atomic E-state index is 0.0116. The molecule has 21 heavy (non-hydrogen) atoms. The first-order chi connectivity index (χ1) is 10.1. The molecule has 2 amide bonds. The predicted octanol–water partition coefficient (Wildman–Crippen LogP) is 2.53. The number of halogens is 1. The highest BCUT2D eigenvalue weighted by Gasteiger charge is 2.48. The van der Waals surface area contributed by atoms with E-state index in [4.69, 9.17) is 11.6 Å². The van der Waals surface area contributed by atoms with Crippen LogP contribution >= 0.6 is 11.6 Å². The molecule has 0 aromatic heterocycles. The molecule has 2 aliphatic carbocycles. The first-order valence-electron chi connectivity index (χ1n) is 8.10. The number of amides is 2. The summed E-state index contributed by atoms with van der Waals surface area (Å²) in [6, 6.07) is 0. The summed E-state index contributed by atoms with van der Waals surface area (Å²) in [7, 11) is 0. The highest BCUT2D eigenvalue weighted by molar-refractivity contribution is 6.20. The van der Waals surface area contributed by atoms with Gasteiger partial charge in [0.15, 0.2) is 5.78 Å². The van der Waals surface area contributed by atoms with E-state index >= 15 is 0 Å². The van der Waals surface area contributed by atoms with Crippen LogP contribution in [-0.2, 0) is 14.4 Å². The fourth-order valence-electron chi connectivity index (χ4n) is 4.05. The Kier molecular flexibility index (Phi) is 4.34. The van der Waals surface area contributed by atoms with Gasteiger partial charge in [-0.15, -0.1) is 11.6 Å². The third-order valence-corrected chi connectivity index (χ3v) is 5.79. The zero-order valence-electron chi connectivity index (χ0n) is 12.2. The van der Waals surface area contributed by atoms with Gasteiger partial charge in [0.1, 0.15) is 0 Å². The lowest BCUT2D eigenvalue weighted by Crippen LogP contribution is -2.39. The topological polar surface area (TPSA) is 54.5 Å². The molecule has 116 valence electrons. The van der Waals surface area contributed by atoms with Crippen molar-refractivity contribution in [3.05, 3.63) is 0 Å². The minimum atomic E-state index is -0.155. The van der Waals surface area contributed by atoms with Crippen molar-refractivity contribution in [1.29, 1.82) is 0 Å². The van der Waals surface area contributed by atoms with Gasteiger partial charge in [-0.05, 0) is 38.5 Å². The highest BCUT2D eigenvalue weighted by atomic mass is 35.5. The normalized spacial score (nSPS) is 36.7. The summed E-state index contributed by atoms with van der Waals surface area (Å²) >= 11 is 6.06. The molecule has 1 heterocycles. The number of rotatable bonds is 3. The van der Waals surface area contributed by atoms with E-state index in [1.54, 1.807) is 0 Å². The predicted molar refractivity (Wildman–Crippen MR) is 78.8 cm³/mol. The summed E-state index contributed by atoms with van der Waals surface area (Å²) in [5, 5.41) is 0.173. The average Bonchev–Trinajstić information content (AvgIpc) is 2.73. The Hall–Kier alpha value is -0.900. The van der Waals surface area contributed by atoms with Crippen LogP contribution in [0.2, 0.25) is 0 Å². The van der Waals surface area contributed by atoms with Gasteiger partial charge in [-0.2, -0.15) is 0 Å². The van der Waals surface area contributed by atoms with Gasteiger partial charge in [0.25, 0.3) is 0 Å². The third-order valence-electron chi connectivity index (χ3n) is 5.36. The van der Waals surface area contributed by atoms with Gasteiger partial charge in [0.2, 0.25) is 11.8 Å². The summed E-state index contributed by atoms with van der Waals surface area (Å²) in [5.41, 5.74) is 0. The monoisotopic (exact) mass is 311 g/mol. The van der Waals surface area contributed by atoms with E-state index < -0.39 is 0 Å². The standard InChI is InChI=1S/C16H22ClNO3/c17-11-7-5-10(6-8-11)14(19)9-18-15(20)12-3-1-2-4-13(12)16(18)21/h10-13H,1-9H2. The van der Waals surface area contributed by atoms with Gasteiger partial charge in [0, 0.05) is 11.3 Å². The third kappa shape index (κ3) is 2.87. The minimum Gasteiger partial charge on any atom is -0.297 e. The molecule has 1 aliphatic heterocycles. The second-order valence-electron chi connectivity index (χ2n) is 6.68. The van der Waals surface area contributed by atoms with Crippen molar-refractivity contribution in [1.82, 2.24) is 4.90 Å². The molecule has 0 aromatic carbocycles. The fraction of sp³-hybridized carbons (Fsp3) is 0.812. The zero-order chi connectivity index (χ0) is 15.0. The Balaban J connectivity index is 1.63. The van der Waals surface area contributed by atoms with Gasteiger partial charge in [0.05, 0.1) is 18.4 Å². The van der Waals surface area contributed by atoms with Crippen molar-refractivity contribution in [2.75, 3.05) is 6.54 Å². The maximum atomic E-state index is 12.4. The number of imide groups is 1. The van der Waals surface area contributed by atoms with E-state index in [0.717, 1.165) is 51.4 Å². The van der Waals surface area contributed by atoms with Crippen molar-refractivity contribution >= 4 is 29.2 Å². The smallest absolute Gasteiger partial charge is 0.233 e. The zero-order valence-corrected chi connectivity index (χ0v) is 13.0. The van der Waals surface area contributed by atoms with E-state index in [1.165, 1.54) is 4.90 Å². The number of hydrogen-bond donors (Lipinski definition) is 0. The van der Waals surface area contributed by atoms with Gasteiger partial charge in [-0.1, -0.05) is 12.8 Å². The first-order valence-corrected chi connectivity index (χ1v) is 8.53. The van der Waals surface area contributed by atoms with Crippen LogP contribution in [0.25, 0.3) is 0 Å². The summed E-state index contributed by atoms with van der Waals surface area (Å²) in [6.45, 7) is -0.0116. The van der Waals surface area contributed by atoms with Crippen LogP contribution in [0.15, 0.2) is 0 Å². The maximum Gasteiger partial charge on any atom is 0.233 e. The number of carbonyl (C=O) groups excluding carboxylic acids is 3. The molecule has 2 saturated carbocycles. The van der Waals surface area contributed by atoms with Crippen LogP contribution in [0.5, 0.6) is 0 Å². The Bertz CT molecular complexity index is 432. The second kappa shape index (κ2) is 6.07. The number of alkyl halides is 1. The van der Waals surface area contributed by atoms with Crippen LogP contribution in [-0.4, -0.2) is 34.4 Å². The van der Waals surface area contributed by atoms with Crippen LogP contribution in [0, 0.1) is 17.8 Å². The molecule has 0 bridgehead atoms. The summed E-state index contributed by atoms with van der Waals surface area (Å²) < 4.78 is 0. The van der Waals surface area contributed by atoms with Gasteiger partial charge in [-0.3, -0.25) is 19.3 Å². The Morgan fingerprint density at radius 3 is 2.00 bits per heavy atom. The quantitative estimate of drug-likeness (QED) is 0.594. The molecule has 0 radical (unpaired) electrons. The molecule has 3 rings (SSSR count). The van der Waals surface area contributed by atoms with Crippen molar-refractivity contribution in [3.8, 4) is 0 Å². The van der Waals surface area contributed by atoms with Crippen molar-refractivity contribution < 1.29 is 14.4 Å². The molecule has 0 spiro atoms. The molecule has 3 aliphatic rings. The number of nitrogens with zero attached hydrogens (tertiary/aromatic N) is 1. The number of fused-ring (bicyclic) bond motifs is 1. The number of hydrogen-bond acceptors (Lipinski definition) is 3. The van der Waals surface area contributed by atoms with Crippen molar-refractivity contribution in [2.45, 2.75) is 56.7 Å². The largest absolute Gasteiger partial charge is 0.297 e. The first kappa shape index (κ1) is 15.0. The lowest BCUT2D eigenvalue weighted by Gasteiger charge is -2.25. The van der Waals surface area contributed by atoms with Crippen molar-refractivity contribution in [3.63, 3.8) is 0 Å². The van der Waals surface area contributed by atoms with E-state index in [1.807, 2.05) is 0 Å². The van der Waals surface area contributed by atoms with Crippen LogP contribution in [0.4, 0.5) is 0 Å². The fourth-order valence-corrected chi connectivity index (χ4v) is 4.30. The average molecular weight is 312 g/mol. The number of likely N-dealkylation sites (tertiary alicyclic amines) is 1. The second-order valence-corrected chi connectivity index (χ2v) is 7.29. The maximum absolute atomic E-state index is 12.4. The van der Waals surface area contributed by atoms with Crippen LogP contribution in [0.1, 0.15) is 51.4 Å². The molecular weight excluding hydrogens is 290 g/mol. The SMILES string of the molecule is O=C(CN1C(=O)C2CCCCC2C1=O)C1CCC(Cl)CC1. The van der Waals surface area contributed by atoms with Gasteiger partial charge >= 0.3 is 0 Å². The molecule has 5 heteroatoms. The van der Waals surface area contributed by atoms with Gasteiger partial charge < -0.3 is 0 Å². The Morgan fingerprint density at radius 2 is 1.48 bits per heavy atom. The molecular formula is C16H22ClNO3. The van der Waals surface area contributed by atoms with E-state index in [0.29, 0.717) is 0 Å². The highest BCUT2D eigenvalue weighted by Crippen LogP contribution is 2.38. The number of ketones is 1. The molecule has 2 unspecified atom stereocenters. The van der Waals surface area contributed by atoms with E-state index in [2.05, 4.69) is 0 Å². The van der Waals surface area contributed by atoms with Gasteiger partial charge in [-0.25, -0.2) is 0 Å². The summed E-state index contributed by atoms with van der Waals surface area (Å²) in [6.07, 6.45) is 6.92. The van der Waals surface area contributed by atoms with E-state index in [9.17, 15) is 14.4 Å². The number of Topliss-reactive ketones (excluding diaryl/α,β-unsaturated/α-hetero) is 1. The lowest BCUT2D eigenvalue weighted by atomic mass is 9.81. The molecule has 1 saturated heterocycles.